The maximum Gasteiger partial charge on any atom is 0.336 e. The van der Waals surface area contributed by atoms with Crippen molar-refractivity contribution in [3.05, 3.63) is 108 Å². The smallest absolute Gasteiger partial charge is 0.336 e. The summed E-state index contributed by atoms with van der Waals surface area (Å²) in [6.45, 7) is 1.98. The average molecular weight is 521 g/mol. The van der Waals surface area contributed by atoms with Gasteiger partial charge in [-0.25, -0.2) is 4.79 Å². The largest absolute Gasteiger partial charge is 0.479 e. The summed E-state index contributed by atoms with van der Waals surface area (Å²) >= 11 is 0. The van der Waals surface area contributed by atoms with Crippen LogP contribution in [0.15, 0.2) is 91.0 Å². The number of hydrogen-bond donors (Lipinski definition) is 1. The summed E-state index contributed by atoms with van der Waals surface area (Å²) in [5.41, 5.74) is 2.77. The Bertz CT molecular complexity index is 1140. The van der Waals surface area contributed by atoms with Crippen LogP contribution in [0.1, 0.15) is 23.6 Å². The van der Waals surface area contributed by atoms with Crippen LogP contribution in [0.5, 0.6) is 0 Å². The van der Waals surface area contributed by atoms with Gasteiger partial charge in [-0.05, 0) is 16.7 Å². The zero-order valence-electron chi connectivity index (χ0n) is 21.2. The molecule has 0 spiro atoms. The number of rotatable bonds is 12. The van der Waals surface area contributed by atoms with Crippen LogP contribution in [0.4, 0.5) is 0 Å². The van der Waals surface area contributed by atoms with E-state index in [1.165, 1.54) is 6.92 Å². The fourth-order valence-electron chi connectivity index (χ4n) is 4.36. The van der Waals surface area contributed by atoms with Crippen LogP contribution < -0.4 is 0 Å². The third-order valence-electron chi connectivity index (χ3n) is 6.14. The number of hydrogen-bond acceptors (Lipinski definition) is 7. The Hall–Kier alpha value is -3.56. The monoisotopic (exact) mass is 520 g/mol. The van der Waals surface area contributed by atoms with Gasteiger partial charge in [-0.2, -0.15) is 0 Å². The Morgan fingerprint density at radius 3 is 1.66 bits per heavy atom. The Balaban J connectivity index is 1.60. The fourth-order valence-corrected chi connectivity index (χ4v) is 4.36. The fraction of sp³-hybridized carbons (Fsp3) is 0.333. The molecule has 0 unspecified atom stereocenters. The first-order valence-electron chi connectivity index (χ1n) is 12.5. The van der Waals surface area contributed by atoms with Gasteiger partial charge in [0.2, 0.25) is 0 Å². The Morgan fingerprint density at radius 1 is 0.711 bits per heavy atom. The molecule has 1 fully saturated rings. The number of carboxylic acids is 1. The first-order valence-corrected chi connectivity index (χ1v) is 12.5. The van der Waals surface area contributed by atoms with Crippen molar-refractivity contribution < 1.29 is 38.4 Å². The van der Waals surface area contributed by atoms with Crippen molar-refractivity contribution in [3.63, 3.8) is 0 Å². The molecule has 0 aromatic heterocycles. The van der Waals surface area contributed by atoms with Crippen LogP contribution in [0.3, 0.4) is 0 Å². The molecule has 0 amide bonds. The van der Waals surface area contributed by atoms with E-state index in [-0.39, 0.29) is 19.8 Å². The standard InChI is InChI=1S/C30H32O8/c1-21(31)37-28-27(36-19-24-15-9-4-10-16-24)26(35-18-23-13-7-3-8-14-23)25(38-29(28)30(32)33)20-34-17-22-11-5-2-6-12-22/h2-16,25-29H,17-20H2,1H3,(H,32,33)/t25-,26-,27+,28-,29-/m1/s1. The molecule has 1 aliphatic rings. The van der Waals surface area contributed by atoms with Crippen molar-refractivity contribution >= 4 is 11.9 Å². The van der Waals surface area contributed by atoms with E-state index in [4.69, 9.17) is 23.7 Å². The first kappa shape index (κ1) is 27.5. The minimum absolute atomic E-state index is 0.0517. The highest BCUT2D eigenvalue weighted by molar-refractivity contribution is 5.75. The molecular formula is C30H32O8. The number of carbonyl (C=O) groups is 2. The lowest BCUT2D eigenvalue weighted by Gasteiger charge is -2.44. The van der Waals surface area contributed by atoms with Gasteiger partial charge in [0.25, 0.3) is 0 Å². The highest BCUT2D eigenvalue weighted by Gasteiger charge is 2.52. The number of carboxylic acid groups (broad SMARTS) is 1. The van der Waals surface area contributed by atoms with Gasteiger partial charge in [0, 0.05) is 6.92 Å². The van der Waals surface area contributed by atoms with Crippen molar-refractivity contribution in [1.82, 2.24) is 0 Å². The van der Waals surface area contributed by atoms with E-state index in [1.54, 1.807) is 0 Å². The molecule has 1 heterocycles. The maximum absolute atomic E-state index is 12.2. The van der Waals surface area contributed by atoms with Gasteiger partial charge in [-0.3, -0.25) is 4.79 Å². The molecule has 0 bridgehead atoms. The van der Waals surface area contributed by atoms with Gasteiger partial charge >= 0.3 is 11.9 Å². The zero-order valence-corrected chi connectivity index (χ0v) is 21.2. The van der Waals surface area contributed by atoms with Crippen molar-refractivity contribution in [3.8, 4) is 0 Å². The second-order valence-electron chi connectivity index (χ2n) is 9.03. The maximum atomic E-state index is 12.2. The average Bonchev–Trinajstić information content (AvgIpc) is 2.93. The number of carbonyl (C=O) groups excluding carboxylic acids is 1. The summed E-state index contributed by atoms with van der Waals surface area (Å²) < 4.78 is 30.0. The van der Waals surface area contributed by atoms with Crippen LogP contribution in [-0.2, 0) is 53.1 Å². The topological polar surface area (TPSA) is 101 Å². The third kappa shape index (κ3) is 7.72. The molecule has 8 heteroatoms. The second-order valence-corrected chi connectivity index (χ2v) is 9.03. The summed E-state index contributed by atoms with van der Waals surface area (Å²) in [5.74, 6) is -1.90. The summed E-state index contributed by atoms with van der Waals surface area (Å²) in [6.07, 6.45) is -5.19. The summed E-state index contributed by atoms with van der Waals surface area (Å²) in [4.78, 5) is 24.2. The van der Waals surface area contributed by atoms with Gasteiger partial charge in [0.05, 0.1) is 26.4 Å². The van der Waals surface area contributed by atoms with E-state index in [0.29, 0.717) is 6.61 Å². The highest BCUT2D eigenvalue weighted by Crippen LogP contribution is 2.30. The second kappa shape index (κ2) is 13.8. The predicted octanol–water partition coefficient (Wildman–Crippen LogP) is 4.16. The van der Waals surface area contributed by atoms with E-state index < -0.39 is 42.5 Å². The molecule has 38 heavy (non-hydrogen) atoms. The van der Waals surface area contributed by atoms with Crippen molar-refractivity contribution in [2.75, 3.05) is 6.61 Å². The minimum Gasteiger partial charge on any atom is -0.479 e. The molecule has 1 aliphatic heterocycles. The number of ether oxygens (including phenoxy) is 5. The Morgan fingerprint density at radius 2 is 1.18 bits per heavy atom. The molecule has 1 saturated heterocycles. The molecule has 4 rings (SSSR count). The van der Waals surface area contributed by atoms with Crippen molar-refractivity contribution in [1.29, 1.82) is 0 Å². The molecule has 0 aliphatic carbocycles. The number of esters is 1. The van der Waals surface area contributed by atoms with Gasteiger partial charge in [-0.15, -0.1) is 0 Å². The van der Waals surface area contributed by atoms with Gasteiger partial charge in [0.15, 0.2) is 12.2 Å². The molecule has 5 atom stereocenters. The van der Waals surface area contributed by atoms with Crippen LogP contribution in [0, 0.1) is 0 Å². The van der Waals surface area contributed by atoms with Crippen LogP contribution in [0.25, 0.3) is 0 Å². The summed E-state index contributed by atoms with van der Waals surface area (Å²) in [6, 6.07) is 28.7. The van der Waals surface area contributed by atoms with E-state index >= 15 is 0 Å². The quantitative estimate of drug-likeness (QED) is 0.356. The number of benzene rings is 3. The van der Waals surface area contributed by atoms with Crippen molar-refractivity contribution in [2.24, 2.45) is 0 Å². The van der Waals surface area contributed by atoms with E-state index in [1.807, 2.05) is 91.0 Å². The molecule has 8 nitrogen and oxygen atoms in total. The molecular weight excluding hydrogens is 488 g/mol. The SMILES string of the molecule is CC(=O)O[C@@H]1[C@@H](OCc2ccccc2)[C@H](OCc2ccccc2)[C@@H](COCc2ccccc2)O[C@H]1C(=O)O. The summed E-state index contributed by atoms with van der Waals surface area (Å²) in [5, 5.41) is 9.99. The first-order chi connectivity index (χ1) is 18.5. The summed E-state index contributed by atoms with van der Waals surface area (Å²) in [7, 11) is 0. The predicted molar refractivity (Wildman–Crippen MR) is 138 cm³/mol. The van der Waals surface area contributed by atoms with Gasteiger partial charge in [0.1, 0.15) is 18.3 Å². The van der Waals surface area contributed by atoms with E-state index in [0.717, 1.165) is 16.7 Å². The molecule has 0 saturated carbocycles. The Kier molecular flexibility index (Phi) is 10.0. The zero-order chi connectivity index (χ0) is 26.7. The van der Waals surface area contributed by atoms with Gasteiger partial charge in [-0.1, -0.05) is 91.0 Å². The minimum atomic E-state index is -1.46. The van der Waals surface area contributed by atoms with Crippen molar-refractivity contribution in [2.45, 2.75) is 57.3 Å². The van der Waals surface area contributed by atoms with Crippen LogP contribution >= 0.6 is 0 Å². The third-order valence-corrected chi connectivity index (χ3v) is 6.14. The lowest BCUT2D eigenvalue weighted by atomic mass is 9.94. The highest BCUT2D eigenvalue weighted by atomic mass is 16.6. The normalized spacial score (nSPS) is 23.0. The van der Waals surface area contributed by atoms with Crippen LogP contribution in [-0.4, -0.2) is 54.2 Å². The van der Waals surface area contributed by atoms with E-state index in [2.05, 4.69) is 0 Å². The van der Waals surface area contributed by atoms with E-state index in [9.17, 15) is 14.7 Å². The molecule has 1 N–H and O–H groups in total. The van der Waals surface area contributed by atoms with Crippen LogP contribution in [0.2, 0.25) is 0 Å². The lowest BCUT2D eigenvalue weighted by Crippen LogP contribution is -2.63. The molecule has 3 aromatic carbocycles. The molecule has 200 valence electrons. The molecule has 3 aromatic rings. The lowest BCUT2D eigenvalue weighted by molar-refractivity contribution is -0.265. The Labute approximate surface area is 222 Å². The molecule has 0 radical (unpaired) electrons. The number of aliphatic carboxylic acids is 1. The van der Waals surface area contributed by atoms with Gasteiger partial charge < -0.3 is 28.8 Å².